The van der Waals surface area contributed by atoms with Gasteiger partial charge in [0.1, 0.15) is 0 Å². The van der Waals surface area contributed by atoms with Crippen LogP contribution in [0.3, 0.4) is 0 Å². The molecule has 2 aromatic rings. The van der Waals surface area contributed by atoms with Gasteiger partial charge >= 0.3 is 0 Å². The summed E-state index contributed by atoms with van der Waals surface area (Å²) < 4.78 is 2.16. The first kappa shape index (κ1) is 13.6. The molecule has 19 heavy (non-hydrogen) atoms. The zero-order valence-electron chi connectivity index (χ0n) is 11.9. The van der Waals surface area contributed by atoms with Crippen molar-refractivity contribution >= 4 is 6.29 Å². The average Bonchev–Trinajstić information content (AvgIpc) is 2.83. The lowest BCUT2D eigenvalue weighted by Gasteiger charge is -2.17. The van der Waals surface area contributed by atoms with Crippen molar-refractivity contribution in [2.24, 2.45) is 0 Å². The van der Waals surface area contributed by atoms with Gasteiger partial charge in [-0.3, -0.25) is 4.79 Å². The second-order valence-electron chi connectivity index (χ2n) is 5.16. The molecule has 1 atom stereocenters. The molecule has 1 aromatic heterocycles. The van der Waals surface area contributed by atoms with E-state index in [2.05, 4.69) is 55.7 Å². The summed E-state index contributed by atoms with van der Waals surface area (Å²) in [4.78, 5) is 11.1. The first-order valence-corrected chi connectivity index (χ1v) is 6.86. The summed E-state index contributed by atoms with van der Waals surface area (Å²) in [5, 5.41) is 0. The molecule has 0 amide bonds. The molecule has 0 unspecified atom stereocenters. The van der Waals surface area contributed by atoms with Crippen molar-refractivity contribution in [2.75, 3.05) is 0 Å². The Labute approximate surface area is 115 Å². The fourth-order valence-corrected chi connectivity index (χ4v) is 2.38. The van der Waals surface area contributed by atoms with Crippen LogP contribution in [0, 0.1) is 6.92 Å². The number of hydrogen-bond donors (Lipinski definition) is 0. The Morgan fingerprint density at radius 3 is 2.42 bits per heavy atom. The van der Waals surface area contributed by atoms with Crippen LogP contribution in [0.2, 0.25) is 0 Å². The van der Waals surface area contributed by atoms with Crippen molar-refractivity contribution in [3.8, 4) is 0 Å². The molecule has 2 heteroatoms. The molecule has 1 aromatic carbocycles. The Bertz CT molecular complexity index is 551. The van der Waals surface area contributed by atoms with Crippen LogP contribution < -0.4 is 0 Å². The van der Waals surface area contributed by atoms with Crippen molar-refractivity contribution < 1.29 is 4.79 Å². The fourth-order valence-electron chi connectivity index (χ4n) is 2.38. The number of benzene rings is 1. The monoisotopic (exact) mass is 255 g/mol. The summed E-state index contributed by atoms with van der Waals surface area (Å²) >= 11 is 0. The van der Waals surface area contributed by atoms with Gasteiger partial charge in [-0.05, 0) is 38.0 Å². The predicted octanol–water partition coefficient (Wildman–Crippen LogP) is 4.17. The Kier molecular flexibility index (Phi) is 4.20. The molecule has 1 heterocycles. The van der Waals surface area contributed by atoms with Crippen LogP contribution in [-0.2, 0) is 6.42 Å². The van der Waals surface area contributed by atoms with Gasteiger partial charge in [0.05, 0.1) is 5.69 Å². The van der Waals surface area contributed by atoms with Crippen LogP contribution in [0.15, 0.2) is 36.4 Å². The van der Waals surface area contributed by atoms with Gasteiger partial charge < -0.3 is 4.57 Å². The van der Waals surface area contributed by atoms with Gasteiger partial charge in [-0.2, -0.15) is 0 Å². The van der Waals surface area contributed by atoms with Gasteiger partial charge in [0.25, 0.3) is 0 Å². The molecule has 2 nitrogen and oxygen atoms in total. The Morgan fingerprint density at radius 1 is 1.16 bits per heavy atom. The zero-order valence-corrected chi connectivity index (χ0v) is 11.9. The zero-order chi connectivity index (χ0) is 13.8. The molecule has 0 fully saturated rings. The third-order valence-electron chi connectivity index (χ3n) is 3.69. The maximum absolute atomic E-state index is 11.1. The minimum Gasteiger partial charge on any atom is -0.339 e. The highest BCUT2D eigenvalue weighted by Gasteiger charge is 2.12. The van der Waals surface area contributed by atoms with Crippen molar-refractivity contribution in [3.63, 3.8) is 0 Å². The molecule has 0 spiro atoms. The quantitative estimate of drug-likeness (QED) is 0.735. The topological polar surface area (TPSA) is 22.0 Å². The van der Waals surface area contributed by atoms with Crippen LogP contribution in [0.25, 0.3) is 0 Å². The van der Waals surface area contributed by atoms with E-state index in [1.54, 1.807) is 0 Å². The molecule has 0 saturated carbocycles. The third kappa shape index (κ3) is 2.95. The number of carbonyl (C=O) groups is 1. The van der Waals surface area contributed by atoms with E-state index in [9.17, 15) is 4.79 Å². The van der Waals surface area contributed by atoms with E-state index in [4.69, 9.17) is 0 Å². The molecule has 0 saturated heterocycles. The van der Waals surface area contributed by atoms with E-state index in [1.165, 1.54) is 16.8 Å². The number of rotatable bonds is 5. The highest BCUT2D eigenvalue weighted by molar-refractivity contribution is 5.73. The minimum absolute atomic E-state index is 0.357. The highest BCUT2D eigenvalue weighted by Crippen LogP contribution is 2.21. The van der Waals surface area contributed by atoms with Crippen LogP contribution >= 0.6 is 0 Å². The summed E-state index contributed by atoms with van der Waals surface area (Å²) in [6.45, 7) is 6.40. The summed E-state index contributed by atoms with van der Waals surface area (Å²) in [5.41, 5.74) is 4.54. The first-order chi connectivity index (χ1) is 9.15. The van der Waals surface area contributed by atoms with Crippen molar-refractivity contribution in [3.05, 3.63) is 58.9 Å². The number of aromatic nitrogens is 1. The van der Waals surface area contributed by atoms with Crippen LogP contribution in [0.5, 0.6) is 0 Å². The number of carbonyl (C=O) groups excluding carboxylic acids is 1. The van der Waals surface area contributed by atoms with Crippen LogP contribution in [0.1, 0.15) is 53.6 Å². The molecule has 0 bridgehead atoms. The number of nitrogens with zero attached hydrogens (tertiary/aromatic N) is 1. The third-order valence-corrected chi connectivity index (χ3v) is 3.69. The largest absolute Gasteiger partial charge is 0.339 e. The Morgan fingerprint density at radius 2 is 1.84 bits per heavy atom. The summed E-state index contributed by atoms with van der Waals surface area (Å²) in [6, 6.07) is 12.9. The highest BCUT2D eigenvalue weighted by atomic mass is 16.1. The molecule has 0 aliphatic heterocycles. The molecule has 100 valence electrons. The van der Waals surface area contributed by atoms with Gasteiger partial charge in [0.2, 0.25) is 0 Å². The normalized spacial score (nSPS) is 12.4. The number of aryl methyl sites for hydroxylation is 1. The van der Waals surface area contributed by atoms with Gasteiger partial charge in [-0.15, -0.1) is 0 Å². The summed E-state index contributed by atoms with van der Waals surface area (Å²) in [5.74, 6) is 0. The molecule has 0 N–H and O–H groups in total. The second kappa shape index (κ2) is 5.87. The Balaban J connectivity index is 2.32. The smallest absolute Gasteiger partial charge is 0.166 e. The van der Waals surface area contributed by atoms with E-state index in [0.29, 0.717) is 6.04 Å². The summed E-state index contributed by atoms with van der Waals surface area (Å²) in [6.07, 6.45) is 2.85. The lowest BCUT2D eigenvalue weighted by atomic mass is 10.1. The second-order valence-corrected chi connectivity index (χ2v) is 5.16. The van der Waals surface area contributed by atoms with Gasteiger partial charge in [0, 0.05) is 18.2 Å². The SMILES string of the molecule is CC[C@H](C)n1c(C=O)ccc1Cc1ccc(C)cc1. The molecule has 0 radical (unpaired) electrons. The van der Waals surface area contributed by atoms with Gasteiger partial charge in [-0.25, -0.2) is 0 Å². The maximum atomic E-state index is 11.1. The number of hydrogen-bond acceptors (Lipinski definition) is 1. The lowest BCUT2D eigenvalue weighted by Crippen LogP contribution is -2.11. The molecule has 2 rings (SSSR count). The molecule has 0 aliphatic rings. The van der Waals surface area contributed by atoms with E-state index >= 15 is 0 Å². The molecular weight excluding hydrogens is 234 g/mol. The van der Waals surface area contributed by atoms with Gasteiger partial charge in [0.15, 0.2) is 6.29 Å². The fraction of sp³-hybridized carbons (Fsp3) is 0.353. The first-order valence-electron chi connectivity index (χ1n) is 6.86. The number of aldehydes is 1. The average molecular weight is 255 g/mol. The molecule has 0 aliphatic carbocycles. The molecular formula is C17H21NO. The van der Waals surface area contributed by atoms with Crippen LogP contribution in [0.4, 0.5) is 0 Å². The van der Waals surface area contributed by atoms with Crippen molar-refractivity contribution in [2.45, 2.75) is 39.7 Å². The maximum Gasteiger partial charge on any atom is 0.166 e. The van der Waals surface area contributed by atoms with E-state index < -0.39 is 0 Å². The predicted molar refractivity (Wildman–Crippen MR) is 78.8 cm³/mol. The minimum atomic E-state index is 0.357. The van der Waals surface area contributed by atoms with E-state index in [0.717, 1.165) is 24.8 Å². The standard InChI is InChI=1S/C17H21NO/c1-4-14(3)18-16(9-10-17(18)12-19)11-15-7-5-13(2)6-8-15/h5-10,12,14H,4,11H2,1-3H3/t14-/m0/s1. The van der Waals surface area contributed by atoms with Gasteiger partial charge in [-0.1, -0.05) is 36.8 Å². The Hall–Kier alpha value is -1.83. The van der Waals surface area contributed by atoms with E-state index in [1.807, 2.05) is 6.07 Å². The van der Waals surface area contributed by atoms with E-state index in [-0.39, 0.29) is 0 Å². The van der Waals surface area contributed by atoms with Crippen molar-refractivity contribution in [1.29, 1.82) is 0 Å². The lowest BCUT2D eigenvalue weighted by molar-refractivity contribution is 0.111. The van der Waals surface area contributed by atoms with Crippen LogP contribution in [-0.4, -0.2) is 10.9 Å². The summed E-state index contributed by atoms with van der Waals surface area (Å²) in [7, 11) is 0. The van der Waals surface area contributed by atoms with Crippen molar-refractivity contribution in [1.82, 2.24) is 4.57 Å².